The number of nitrogens with one attached hydrogen (secondary N) is 1. The number of halogens is 1. The van der Waals surface area contributed by atoms with E-state index in [1.165, 1.54) is 44.1 Å². The Balaban J connectivity index is 1.86. The van der Waals surface area contributed by atoms with Gasteiger partial charge in [0, 0.05) is 6.04 Å². The van der Waals surface area contributed by atoms with E-state index < -0.39 is 0 Å². The molecule has 1 aromatic rings. The van der Waals surface area contributed by atoms with E-state index in [1.807, 2.05) is 12.1 Å². The molecular weight excluding hydrogens is 249 g/mol. The third-order valence-electron chi connectivity index (χ3n) is 4.73. The first-order valence-corrected chi connectivity index (χ1v) is 8.08. The Kier molecular flexibility index (Phi) is 5.59. The minimum absolute atomic E-state index is 0.134. The summed E-state index contributed by atoms with van der Waals surface area (Å²) in [5.41, 5.74) is 1.80. The average Bonchev–Trinajstić information content (AvgIpc) is 2.87. The molecule has 2 heteroatoms. The molecule has 112 valence electrons. The van der Waals surface area contributed by atoms with E-state index in [0.717, 1.165) is 13.0 Å². The molecular formula is C18H28FN. The van der Waals surface area contributed by atoms with Crippen molar-refractivity contribution < 1.29 is 4.39 Å². The second-order valence-corrected chi connectivity index (χ2v) is 6.69. The lowest BCUT2D eigenvalue weighted by Crippen LogP contribution is -2.29. The zero-order valence-electron chi connectivity index (χ0n) is 12.9. The van der Waals surface area contributed by atoms with Crippen LogP contribution in [0.2, 0.25) is 0 Å². The normalized spacial score (nSPS) is 17.8. The summed E-state index contributed by atoms with van der Waals surface area (Å²) in [4.78, 5) is 0. The van der Waals surface area contributed by atoms with E-state index in [0.29, 0.717) is 11.5 Å². The summed E-state index contributed by atoms with van der Waals surface area (Å²) in [6.07, 6.45) is 9.12. The minimum atomic E-state index is -0.134. The third-order valence-corrected chi connectivity index (χ3v) is 4.73. The van der Waals surface area contributed by atoms with Crippen LogP contribution in [0.15, 0.2) is 24.3 Å². The number of benzene rings is 1. The summed E-state index contributed by atoms with van der Waals surface area (Å²) in [5.74, 6) is -0.134. The van der Waals surface area contributed by atoms with E-state index in [2.05, 4.69) is 19.2 Å². The Labute approximate surface area is 123 Å². The lowest BCUT2D eigenvalue weighted by atomic mass is 9.77. The maximum atomic E-state index is 12.9. The van der Waals surface area contributed by atoms with E-state index in [4.69, 9.17) is 0 Å². The molecule has 0 saturated heterocycles. The molecule has 0 aliphatic heterocycles. The van der Waals surface area contributed by atoms with Gasteiger partial charge >= 0.3 is 0 Å². The number of rotatable bonds is 7. The number of hydrogen-bond acceptors (Lipinski definition) is 1. The Bertz CT molecular complexity index is 390. The first-order chi connectivity index (χ1) is 9.60. The lowest BCUT2D eigenvalue weighted by molar-refractivity contribution is 0.243. The number of hydrogen-bond donors (Lipinski definition) is 1. The zero-order chi connectivity index (χ0) is 14.4. The zero-order valence-corrected chi connectivity index (χ0v) is 12.9. The molecule has 0 heterocycles. The van der Waals surface area contributed by atoms with E-state index in [1.54, 1.807) is 12.1 Å². The second kappa shape index (κ2) is 7.21. The molecule has 1 aliphatic rings. The van der Waals surface area contributed by atoms with Gasteiger partial charge in [0.25, 0.3) is 0 Å². The van der Waals surface area contributed by atoms with Crippen LogP contribution in [0.3, 0.4) is 0 Å². The van der Waals surface area contributed by atoms with Gasteiger partial charge in [-0.3, -0.25) is 0 Å². The Hall–Kier alpha value is -0.890. The average molecular weight is 277 g/mol. The molecule has 0 spiro atoms. The van der Waals surface area contributed by atoms with Gasteiger partial charge in [-0.25, -0.2) is 4.39 Å². The van der Waals surface area contributed by atoms with Crippen LogP contribution in [0.25, 0.3) is 0 Å². The molecule has 2 rings (SSSR count). The second-order valence-electron chi connectivity index (χ2n) is 6.69. The fraction of sp³-hybridized carbons (Fsp3) is 0.667. The third kappa shape index (κ3) is 4.59. The van der Waals surface area contributed by atoms with Crippen LogP contribution >= 0.6 is 0 Å². The highest BCUT2D eigenvalue weighted by molar-refractivity contribution is 5.16. The quantitative estimate of drug-likeness (QED) is 0.761. The fourth-order valence-corrected chi connectivity index (χ4v) is 3.44. The van der Waals surface area contributed by atoms with Crippen molar-refractivity contribution in [2.45, 2.75) is 64.8 Å². The number of aryl methyl sites for hydroxylation is 1. The highest BCUT2D eigenvalue weighted by atomic mass is 19.1. The molecule has 1 N–H and O–H groups in total. The molecule has 0 atom stereocenters. The van der Waals surface area contributed by atoms with Crippen molar-refractivity contribution in [3.63, 3.8) is 0 Å². The van der Waals surface area contributed by atoms with Crippen molar-refractivity contribution in [1.82, 2.24) is 5.32 Å². The summed E-state index contributed by atoms with van der Waals surface area (Å²) in [5, 5.41) is 3.55. The summed E-state index contributed by atoms with van der Waals surface area (Å²) in [7, 11) is 0. The van der Waals surface area contributed by atoms with Gasteiger partial charge in [-0.1, -0.05) is 38.8 Å². The van der Waals surface area contributed by atoms with Crippen LogP contribution in [-0.4, -0.2) is 12.6 Å². The summed E-state index contributed by atoms with van der Waals surface area (Å²) >= 11 is 0. The van der Waals surface area contributed by atoms with Gasteiger partial charge in [-0.15, -0.1) is 0 Å². The summed E-state index contributed by atoms with van der Waals surface area (Å²) in [6, 6.07) is 7.60. The van der Waals surface area contributed by atoms with Crippen LogP contribution in [0, 0.1) is 11.2 Å². The molecule has 1 fully saturated rings. The van der Waals surface area contributed by atoms with E-state index in [9.17, 15) is 4.39 Å². The van der Waals surface area contributed by atoms with Gasteiger partial charge < -0.3 is 5.32 Å². The standard InChI is InChI=1S/C18H28FN/c1-15(2)20-14-13-18(10-3-4-11-18)12-9-16-5-7-17(19)8-6-16/h5-8,15,20H,3-4,9-14H2,1-2H3. The minimum Gasteiger partial charge on any atom is -0.315 e. The molecule has 1 saturated carbocycles. The van der Waals surface area contributed by atoms with Crippen molar-refractivity contribution in [2.24, 2.45) is 5.41 Å². The summed E-state index contributed by atoms with van der Waals surface area (Å²) < 4.78 is 12.9. The molecule has 0 amide bonds. The predicted octanol–water partition coefficient (Wildman–Crippen LogP) is 4.71. The maximum absolute atomic E-state index is 12.9. The Morgan fingerprint density at radius 2 is 1.75 bits per heavy atom. The van der Waals surface area contributed by atoms with Crippen LogP contribution in [0.4, 0.5) is 4.39 Å². The highest BCUT2D eigenvalue weighted by Crippen LogP contribution is 2.44. The maximum Gasteiger partial charge on any atom is 0.123 e. The van der Waals surface area contributed by atoms with Crippen LogP contribution in [-0.2, 0) is 6.42 Å². The van der Waals surface area contributed by atoms with Gasteiger partial charge in [-0.2, -0.15) is 0 Å². The monoisotopic (exact) mass is 277 g/mol. The smallest absolute Gasteiger partial charge is 0.123 e. The van der Waals surface area contributed by atoms with E-state index in [-0.39, 0.29) is 5.82 Å². The van der Waals surface area contributed by atoms with Crippen molar-refractivity contribution in [1.29, 1.82) is 0 Å². The van der Waals surface area contributed by atoms with Crippen molar-refractivity contribution in [3.8, 4) is 0 Å². The Morgan fingerprint density at radius 1 is 1.10 bits per heavy atom. The van der Waals surface area contributed by atoms with Crippen molar-refractivity contribution in [2.75, 3.05) is 6.54 Å². The molecule has 0 bridgehead atoms. The van der Waals surface area contributed by atoms with Gasteiger partial charge in [0.2, 0.25) is 0 Å². The van der Waals surface area contributed by atoms with Gasteiger partial charge in [0.1, 0.15) is 5.82 Å². The van der Waals surface area contributed by atoms with Crippen LogP contribution in [0.1, 0.15) is 57.9 Å². The molecule has 0 unspecified atom stereocenters. The molecule has 0 aromatic heterocycles. The fourth-order valence-electron chi connectivity index (χ4n) is 3.44. The van der Waals surface area contributed by atoms with Gasteiger partial charge in [0.05, 0.1) is 0 Å². The summed E-state index contributed by atoms with van der Waals surface area (Å²) in [6.45, 7) is 5.54. The molecule has 1 aliphatic carbocycles. The lowest BCUT2D eigenvalue weighted by Gasteiger charge is -2.30. The highest BCUT2D eigenvalue weighted by Gasteiger charge is 2.32. The van der Waals surface area contributed by atoms with E-state index >= 15 is 0 Å². The molecule has 20 heavy (non-hydrogen) atoms. The predicted molar refractivity (Wildman–Crippen MR) is 83.4 cm³/mol. The van der Waals surface area contributed by atoms with Gasteiger partial charge in [-0.05, 0) is 61.8 Å². The molecule has 0 radical (unpaired) electrons. The first kappa shape index (κ1) is 15.5. The van der Waals surface area contributed by atoms with Gasteiger partial charge in [0.15, 0.2) is 0 Å². The molecule has 1 aromatic carbocycles. The van der Waals surface area contributed by atoms with Crippen LogP contribution < -0.4 is 5.32 Å². The van der Waals surface area contributed by atoms with Crippen molar-refractivity contribution >= 4 is 0 Å². The first-order valence-electron chi connectivity index (χ1n) is 8.08. The van der Waals surface area contributed by atoms with Crippen LogP contribution in [0.5, 0.6) is 0 Å². The topological polar surface area (TPSA) is 12.0 Å². The Morgan fingerprint density at radius 3 is 2.35 bits per heavy atom. The molecule has 1 nitrogen and oxygen atoms in total. The van der Waals surface area contributed by atoms with Crippen molar-refractivity contribution in [3.05, 3.63) is 35.6 Å². The largest absolute Gasteiger partial charge is 0.315 e. The SMILES string of the molecule is CC(C)NCCC1(CCc2ccc(F)cc2)CCCC1.